The van der Waals surface area contributed by atoms with E-state index in [-0.39, 0.29) is 0 Å². The molecular weight excluding hydrogens is 283 g/mol. The van der Waals surface area contributed by atoms with Gasteiger partial charge in [-0.15, -0.1) is 9.24 Å². The molecule has 0 heterocycles. The van der Waals surface area contributed by atoms with Crippen molar-refractivity contribution in [2.24, 2.45) is 0 Å². The van der Waals surface area contributed by atoms with Crippen molar-refractivity contribution >= 4 is 14.5 Å². The quantitative estimate of drug-likeness (QED) is 0.569. The molecule has 0 amide bonds. The summed E-state index contributed by atoms with van der Waals surface area (Å²) in [5.41, 5.74) is 7.82. The zero-order chi connectivity index (χ0) is 15.5. The third-order valence-corrected chi connectivity index (χ3v) is 4.41. The molecule has 3 aromatic rings. The normalized spacial score (nSPS) is 10.7. The summed E-state index contributed by atoms with van der Waals surface area (Å²) in [6, 6.07) is 24.3. The first kappa shape index (κ1) is 15.0. The van der Waals surface area contributed by atoms with Crippen LogP contribution in [0.15, 0.2) is 66.7 Å². The minimum atomic E-state index is 1.05. The summed E-state index contributed by atoms with van der Waals surface area (Å²) in [5.74, 6) is 0. The average Bonchev–Trinajstić information content (AvgIpc) is 2.55. The van der Waals surface area contributed by atoms with E-state index in [1.54, 1.807) is 0 Å². The molecule has 0 aliphatic heterocycles. The van der Waals surface area contributed by atoms with Gasteiger partial charge in [0.15, 0.2) is 0 Å². The zero-order valence-corrected chi connectivity index (χ0v) is 14.3. The SMILES string of the molecule is CCc1cc(-c2ccc(C)cc2)cc(-c2ccc(P)cc2)c1. The second kappa shape index (κ2) is 6.46. The maximum absolute atomic E-state index is 2.74. The van der Waals surface area contributed by atoms with Crippen LogP contribution in [-0.4, -0.2) is 0 Å². The lowest BCUT2D eigenvalue weighted by molar-refractivity contribution is 1.14. The van der Waals surface area contributed by atoms with Crippen LogP contribution in [0.5, 0.6) is 0 Å². The maximum atomic E-state index is 2.74. The molecule has 0 N–H and O–H groups in total. The van der Waals surface area contributed by atoms with Crippen LogP contribution < -0.4 is 5.30 Å². The van der Waals surface area contributed by atoms with Crippen LogP contribution in [0.3, 0.4) is 0 Å². The maximum Gasteiger partial charge on any atom is -0.0175 e. The Balaban J connectivity index is 2.10. The summed E-state index contributed by atoms with van der Waals surface area (Å²) in [7, 11) is 2.74. The predicted molar refractivity (Wildman–Crippen MR) is 101 cm³/mol. The van der Waals surface area contributed by atoms with Gasteiger partial charge in [0, 0.05) is 0 Å². The molecule has 1 unspecified atom stereocenters. The summed E-state index contributed by atoms with van der Waals surface area (Å²) in [6.07, 6.45) is 1.05. The van der Waals surface area contributed by atoms with E-state index in [9.17, 15) is 0 Å². The van der Waals surface area contributed by atoms with Gasteiger partial charge < -0.3 is 0 Å². The molecule has 3 rings (SSSR count). The number of rotatable bonds is 3. The minimum Gasteiger partial charge on any atom is -0.106 e. The smallest absolute Gasteiger partial charge is 0.0175 e. The molecule has 22 heavy (non-hydrogen) atoms. The van der Waals surface area contributed by atoms with E-state index < -0.39 is 0 Å². The summed E-state index contributed by atoms with van der Waals surface area (Å²) in [5, 5.41) is 1.22. The minimum absolute atomic E-state index is 1.05. The summed E-state index contributed by atoms with van der Waals surface area (Å²) >= 11 is 0. The Kier molecular flexibility index (Phi) is 4.41. The Bertz CT molecular complexity index is 704. The lowest BCUT2D eigenvalue weighted by atomic mass is 9.95. The highest BCUT2D eigenvalue weighted by molar-refractivity contribution is 7.27. The first-order valence-electron chi connectivity index (χ1n) is 7.72. The topological polar surface area (TPSA) is 0 Å². The fourth-order valence-electron chi connectivity index (χ4n) is 2.65. The predicted octanol–water partition coefficient (Wildman–Crippen LogP) is 5.39. The second-order valence-corrected chi connectivity index (χ2v) is 6.43. The third-order valence-electron chi connectivity index (χ3n) is 4.03. The lowest BCUT2D eigenvalue weighted by Crippen LogP contribution is -1.90. The average molecular weight is 304 g/mol. The summed E-state index contributed by atoms with van der Waals surface area (Å²) < 4.78 is 0. The number of aryl methyl sites for hydroxylation is 2. The van der Waals surface area contributed by atoms with E-state index in [1.165, 1.54) is 38.7 Å². The van der Waals surface area contributed by atoms with Crippen LogP contribution in [-0.2, 0) is 6.42 Å². The molecule has 3 aromatic carbocycles. The standard InChI is InChI=1S/C21H21P/c1-3-16-12-19(17-6-4-15(2)5-7-17)14-20(13-16)18-8-10-21(22)11-9-18/h4-14H,3,22H2,1-2H3. The van der Waals surface area contributed by atoms with Crippen LogP contribution in [0.4, 0.5) is 0 Å². The Morgan fingerprint density at radius 3 is 1.68 bits per heavy atom. The number of hydrogen-bond acceptors (Lipinski definition) is 0. The fourth-order valence-corrected chi connectivity index (χ4v) is 2.84. The summed E-state index contributed by atoms with van der Waals surface area (Å²) in [4.78, 5) is 0. The molecule has 0 aliphatic rings. The van der Waals surface area contributed by atoms with E-state index in [0.29, 0.717) is 0 Å². The second-order valence-electron chi connectivity index (χ2n) is 5.76. The van der Waals surface area contributed by atoms with Gasteiger partial charge in [-0.2, -0.15) is 0 Å². The molecule has 0 fully saturated rings. The monoisotopic (exact) mass is 304 g/mol. The van der Waals surface area contributed by atoms with Crippen LogP contribution in [0, 0.1) is 6.92 Å². The molecule has 0 saturated carbocycles. The van der Waals surface area contributed by atoms with Gasteiger partial charge in [-0.05, 0) is 52.5 Å². The van der Waals surface area contributed by atoms with Gasteiger partial charge in [-0.3, -0.25) is 0 Å². The molecule has 110 valence electrons. The van der Waals surface area contributed by atoms with Gasteiger partial charge in [0.25, 0.3) is 0 Å². The molecule has 0 radical (unpaired) electrons. The molecule has 0 bridgehead atoms. The van der Waals surface area contributed by atoms with Crippen molar-refractivity contribution in [3.63, 3.8) is 0 Å². The molecule has 0 spiro atoms. The van der Waals surface area contributed by atoms with Gasteiger partial charge in [0.2, 0.25) is 0 Å². The highest BCUT2D eigenvalue weighted by atomic mass is 31.0. The molecule has 0 aromatic heterocycles. The van der Waals surface area contributed by atoms with E-state index in [1.807, 2.05) is 0 Å². The number of benzene rings is 3. The number of hydrogen-bond donors (Lipinski definition) is 0. The van der Waals surface area contributed by atoms with Crippen LogP contribution in [0.1, 0.15) is 18.1 Å². The van der Waals surface area contributed by atoms with E-state index in [0.717, 1.165) is 6.42 Å². The van der Waals surface area contributed by atoms with Gasteiger partial charge in [-0.25, -0.2) is 0 Å². The van der Waals surface area contributed by atoms with Crippen molar-refractivity contribution in [3.05, 3.63) is 77.9 Å². The highest BCUT2D eigenvalue weighted by Crippen LogP contribution is 2.28. The van der Waals surface area contributed by atoms with Gasteiger partial charge >= 0.3 is 0 Å². The van der Waals surface area contributed by atoms with Gasteiger partial charge in [-0.1, -0.05) is 73.2 Å². The van der Waals surface area contributed by atoms with Crippen molar-refractivity contribution in [2.45, 2.75) is 20.3 Å². The van der Waals surface area contributed by atoms with Crippen molar-refractivity contribution in [3.8, 4) is 22.3 Å². The van der Waals surface area contributed by atoms with Crippen LogP contribution in [0.25, 0.3) is 22.3 Å². The fraction of sp³-hybridized carbons (Fsp3) is 0.143. The Labute approximate surface area is 135 Å². The van der Waals surface area contributed by atoms with Crippen molar-refractivity contribution < 1.29 is 0 Å². The largest absolute Gasteiger partial charge is 0.106 e. The first-order chi connectivity index (χ1) is 10.7. The molecule has 0 nitrogen and oxygen atoms in total. The molecule has 0 saturated heterocycles. The van der Waals surface area contributed by atoms with E-state index in [4.69, 9.17) is 0 Å². The third kappa shape index (κ3) is 3.29. The van der Waals surface area contributed by atoms with Crippen LogP contribution in [0.2, 0.25) is 0 Å². The van der Waals surface area contributed by atoms with E-state index in [2.05, 4.69) is 89.8 Å². The lowest BCUT2D eigenvalue weighted by Gasteiger charge is -2.10. The molecule has 1 atom stereocenters. The molecule has 0 aliphatic carbocycles. The summed E-state index contributed by atoms with van der Waals surface area (Å²) in [6.45, 7) is 4.34. The van der Waals surface area contributed by atoms with Crippen molar-refractivity contribution in [2.75, 3.05) is 0 Å². The Hall–Kier alpha value is -1.91. The van der Waals surface area contributed by atoms with Crippen molar-refractivity contribution in [1.29, 1.82) is 0 Å². The Morgan fingerprint density at radius 1 is 0.682 bits per heavy atom. The Morgan fingerprint density at radius 2 is 1.18 bits per heavy atom. The van der Waals surface area contributed by atoms with Gasteiger partial charge in [0.1, 0.15) is 0 Å². The van der Waals surface area contributed by atoms with Gasteiger partial charge in [0.05, 0.1) is 0 Å². The zero-order valence-electron chi connectivity index (χ0n) is 13.1. The first-order valence-corrected chi connectivity index (χ1v) is 8.30. The molecule has 1 heteroatoms. The van der Waals surface area contributed by atoms with Crippen LogP contribution >= 0.6 is 9.24 Å². The molecular formula is C21H21P. The highest BCUT2D eigenvalue weighted by Gasteiger charge is 2.05. The van der Waals surface area contributed by atoms with Crippen molar-refractivity contribution in [1.82, 2.24) is 0 Å². The van der Waals surface area contributed by atoms with E-state index >= 15 is 0 Å².